The molecule has 0 aliphatic rings. The number of rotatable bonds is 8. The normalized spacial score (nSPS) is 11.0. The van der Waals surface area contributed by atoms with Crippen LogP contribution in [0.15, 0.2) is 71.7 Å². The van der Waals surface area contributed by atoms with E-state index in [1.165, 1.54) is 5.56 Å². The van der Waals surface area contributed by atoms with Crippen molar-refractivity contribution >= 4 is 22.3 Å². The maximum Gasteiger partial charge on any atom is 0.134 e. The van der Waals surface area contributed by atoms with E-state index in [-0.39, 0.29) is 0 Å². The number of pyridine rings is 1. The van der Waals surface area contributed by atoms with Crippen LogP contribution in [-0.2, 0) is 13.0 Å². The molecule has 5 rings (SSSR count). The third-order valence-corrected chi connectivity index (χ3v) is 6.00. The monoisotopic (exact) mass is 462 g/mol. The molecule has 0 fully saturated rings. The second kappa shape index (κ2) is 9.84. The highest BCUT2D eigenvalue weighted by atomic mass is 16.3. The van der Waals surface area contributed by atoms with Crippen molar-refractivity contribution in [2.24, 2.45) is 0 Å². The van der Waals surface area contributed by atoms with Crippen molar-refractivity contribution in [3.8, 4) is 17.4 Å². The Bertz CT molecular complexity index is 1510. The number of fused-ring (bicyclic) bond motifs is 1. The van der Waals surface area contributed by atoms with Crippen LogP contribution in [0.1, 0.15) is 28.1 Å². The number of nitrogens with one attached hydrogen (secondary N) is 3. The summed E-state index contributed by atoms with van der Waals surface area (Å²) in [6.45, 7) is 5.60. The summed E-state index contributed by atoms with van der Waals surface area (Å²) in [6, 6.07) is 18.5. The second-order valence-electron chi connectivity index (χ2n) is 8.60. The van der Waals surface area contributed by atoms with Gasteiger partial charge in [0.2, 0.25) is 0 Å². The zero-order chi connectivity index (χ0) is 24.2. The van der Waals surface area contributed by atoms with Crippen LogP contribution in [0.4, 0.5) is 11.4 Å². The van der Waals surface area contributed by atoms with Crippen LogP contribution in [0.25, 0.3) is 22.2 Å². The van der Waals surface area contributed by atoms with Gasteiger partial charge in [0, 0.05) is 47.7 Å². The number of hydrogen-bond donors (Lipinski definition) is 3. The van der Waals surface area contributed by atoms with E-state index in [4.69, 9.17) is 4.42 Å². The molecule has 0 amide bonds. The Morgan fingerprint density at radius 2 is 1.97 bits per heavy atom. The molecule has 7 nitrogen and oxygen atoms in total. The first kappa shape index (κ1) is 22.4. The van der Waals surface area contributed by atoms with Gasteiger partial charge in [-0.2, -0.15) is 5.26 Å². The molecule has 7 heteroatoms. The van der Waals surface area contributed by atoms with Crippen molar-refractivity contribution in [3.63, 3.8) is 0 Å². The summed E-state index contributed by atoms with van der Waals surface area (Å²) in [6.07, 6.45) is 6.03. The number of aryl methyl sites for hydroxylation is 2. The van der Waals surface area contributed by atoms with Gasteiger partial charge in [0.05, 0.1) is 29.6 Å². The summed E-state index contributed by atoms with van der Waals surface area (Å²) in [5.41, 5.74) is 7.40. The maximum absolute atomic E-state index is 9.69. The van der Waals surface area contributed by atoms with Crippen LogP contribution in [0, 0.1) is 25.2 Å². The first-order valence-corrected chi connectivity index (χ1v) is 11.5. The molecule has 0 bridgehead atoms. The van der Waals surface area contributed by atoms with Gasteiger partial charge >= 0.3 is 0 Å². The molecule has 0 aliphatic heterocycles. The third-order valence-electron chi connectivity index (χ3n) is 6.00. The van der Waals surface area contributed by atoms with Gasteiger partial charge in [-0.05, 0) is 49.7 Å². The summed E-state index contributed by atoms with van der Waals surface area (Å²) in [7, 11) is 0. The molecule has 0 radical (unpaired) electrons. The molecular formula is C28H26N6O. The number of benzene rings is 2. The average Bonchev–Trinajstić information content (AvgIpc) is 3.56. The molecule has 0 unspecified atom stereocenters. The molecular weight excluding hydrogens is 436 g/mol. The van der Waals surface area contributed by atoms with E-state index in [0.717, 1.165) is 63.6 Å². The lowest BCUT2D eigenvalue weighted by Gasteiger charge is -2.14. The third kappa shape index (κ3) is 4.93. The van der Waals surface area contributed by atoms with Gasteiger partial charge in [-0.15, -0.1) is 0 Å². The molecule has 0 spiro atoms. The minimum Gasteiger partial charge on any atom is -0.460 e. The van der Waals surface area contributed by atoms with Crippen molar-refractivity contribution in [2.45, 2.75) is 26.8 Å². The van der Waals surface area contributed by atoms with Gasteiger partial charge in [-0.1, -0.05) is 23.8 Å². The fourth-order valence-electron chi connectivity index (χ4n) is 4.14. The summed E-state index contributed by atoms with van der Waals surface area (Å²) in [4.78, 5) is 11.7. The van der Waals surface area contributed by atoms with E-state index >= 15 is 0 Å². The predicted octanol–water partition coefficient (Wildman–Crippen LogP) is 5.78. The van der Waals surface area contributed by atoms with Crippen LogP contribution in [0.2, 0.25) is 0 Å². The summed E-state index contributed by atoms with van der Waals surface area (Å²) in [5, 5.41) is 17.4. The molecule has 0 saturated carbocycles. The van der Waals surface area contributed by atoms with Gasteiger partial charge in [0.25, 0.3) is 0 Å². The van der Waals surface area contributed by atoms with Crippen LogP contribution < -0.4 is 10.6 Å². The topological polar surface area (TPSA) is 103 Å². The number of aromatic amines is 1. The highest BCUT2D eigenvalue weighted by Crippen LogP contribution is 2.33. The fourth-order valence-corrected chi connectivity index (χ4v) is 4.14. The first-order valence-electron chi connectivity index (χ1n) is 11.5. The summed E-state index contributed by atoms with van der Waals surface area (Å²) in [5.74, 6) is 1.65. The van der Waals surface area contributed by atoms with Gasteiger partial charge in [0.1, 0.15) is 17.6 Å². The first-order chi connectivity index (χ1) is 17.1. The zero-order valence-corrected chi connectivity index (χ0v) is 19.7. The van der Waals surface area contributed by atoms with Crippen molar-refractivity contribution in [3.05, 3.63) is 95.4 Å². The molecule has 174 valence electrons. The van der Waals surface area contributed by atoms with Crippen molar-refractivity contribution in [1.82, 2.24) is 20.3 Å². The van der Waals surface area contributed by atoms with Gasteiger partial charge < -0.3 is 20.0 Å². The molecule has 0 atom stereocenters. The lowest BCUT2D eigenvalue weighted by Crippen LogP contribution is -2.16. The maximum atomic E-state index is 9.69. The Balaban J connectivity index is 1.36. The Morgan fingerprint density at radius 3 is 2.77 bits per heavy atom. The van der Waals surface area contributed by atoms with E-state index in [1.54, 1.807) is 12.5 Å². The lowest BCUT2D eigenvalue weighted by atomic mass is 10.0. The number of furan rings is 1. The minimum atomic E-state index is 0.506. The molecule has 0 saturated heterocycles. The Kier molecular flexibility index (Phi) is 6.29. The van der Waals surface area contributed by atoms with Gasteiger partial charge in [-0.3, -0.25) is 4.98 Å². The smallest absolute Gasteiger partial charge is 0.134 e. The highest BCUT2D eigenvalue weighted by molar-refractivity contribution is 5.97. The van der Waals surface area contributed by atoms with E-state index in [2.05, 4.69) is 57.6 Å². The van der Waals surface area contributed by atoms with Crippen molar-refractivity contribution in [1.29, 1.82) is 5.26 Å². The second-order valence-corrected chi connectivity index (χ2v) is 8.60. The molecule has 2 aromatic carbocycles. The number of H-pyrrole nitrogens is 1. The lowest BCUT2D eigenvalue weighted by molar-refractivity contribution is 0.494. The molecule has 0 aliphatic carbocycles. The van der Waals surface area contributed by atoms with Crippen LogP contribution in [-0.4, -0.2) is 21.5 Å². The van der Waals surface area contributed by atoms with Crippen molar-refractivity contribution in [2.75, 3.05) is 11.9 Å². The fraction of sp³-hybridized carbons (Fsp3) is 0.179. The minimum absolute atomic E-state index is 0.506. The number of nitrogens with zero attached hydrogens (tertiary/aromatic N) is 3. The van der Waals surface area contributed by atoms with E-state index < -0.39 is 0 Å². The van der Waals surface area contributed by atoms with E-state index in [9.17, 15) is 5.26 Å². The number of hydrogen-bond acceptors (Lipinski definition) is 6. The van der Waals surface area contributed by atoms with E-state index in [1.807, 2.05) is 42.6 Å². The number of anilines is 2. The van der Waals surface area contributed by atoms with Crippen LogP contribution >= 0.6 is 0 Å². The highest BCUT2D eigenvalue weighted by Gasteiger charge is 2.13. The predicted molar refractivity (Wildman–Crippen MR) is 137 cm³/mol. The Labute approximate surface area is 203 Å². The summed E-state index contributed by atoms with van der Waals surface area (Å²) >= 11 is 0. The number of nitriles is 1. The SMILES string of the molecule is Cc1ccc(Nc2c(C#N)cnc3cc(-c4ccc(CNCCc5cnc[nH]5)o4)ccc23)c(C)c1. The van der Waals surface area contributed by atoms with Gasteiger partial charge in [0.15, 0.2) is 0 Å². The Hall–Kier alpha value is -4.41. The quantitative estimate of drug-likeness (QED) is 0.253. The molecule has 3 heterocycles. The Morgan fingerprint density at radius 1 is 1.06 bits per heavy atom. The molecule has 3 aromatic heterocycles. The number of imidazole rings is 1. The van der Waals surface area contributed by atoms with Gasteiger partial charge in [-0.25, -0.2) is 4.98 Å². The average molecular weight is 463 g/mol. The molecule has 35 heavy (non-hydrogen) atoms. The van der Waals surface area contributed by atoms with Crippen LogP contribution in [0.5, 0.6) is 0 Å². The molecule has 3 N–H and O–H groups in total. The standard InChI is InChI=1S/C28H26N6O/c1-18-3-7-25(19(2)11-18)34-28-21(13-29)14-32-26-12-20(4-6-24(26)28)27-8-5-23(35-27)16-30-10-9-22-15-31-17-33-22/h3-8,11-12,14-15,17,30H,9-10,16H2,1-2H3,(H,31,33)(H,32,34). The largest absolute Gasteiger partial charge is 0.460 e. The van der Waals surface area contributed by atoms with Crippen LogP contribution in [0.3, 0.4) is 0 Å². The summed E-state index contributed by atoms with van der Waals surface area (Å²) < 4.78 is 6.08. The van der Waals surface area contributed by atoms with Crippen molar-refractivity contribution < 1.29 is 4.42 Å². The number of aromatic nitrogens is 3. The molecule has 5 aromatic rings. The van der Waals surface area contributed by atoms with E-state index in [0.29, 0.717) is 12.1 Å². The zero-order valence-electron chi connectivity index (χ0n) is 19.7.